The standard InChI is InChI=1S/C18H22N2O2/c1-20(13-14-8-10-16(22-2)11-9-14)18(21)17(12-19)15-6-4-3-5-7-15/h3-11,17H,12-13,19H2,1-2H3. The smallest absolute Gasteiger partial charge is 0.231 e. The molecule has 2 N–H and O–H groups in total. The molecule has 4 nitrogen and oxygen atoms in total. The van der Waals surface area contributed by atoms with E-state index in [4.69, 9.17) is 10.5 Å². The number of ether oxygens (including phenoxy) is 1. The van der Waals surface area contributed by atoms with Crippen molar-refractivity contribution in [3.05, 3.63) is 65.7 Å². The van der Waals surface area contributed by atoms with E-state index in [0.717, 1.165) is 16.9 Å². The number of rotatable bonds is 6. The molecule has 0 heterocycles. The maximum atomic E-state index is 12.6. The lowest BCUT2D eigenvalue weighted by Gasteiger charge is -2.23. The molecule has 0 aliphatic heterocycles. The van der Waals surface area contributed by atoms with Crippen LogP contribution in [0.1, 0.15) is 17.0 Å². The fraction of sp³-hybridized carbons (Fsp3) is 0.278. The summed E-state index contributed by atoms with van der Waals surface area (Å²) in [4.78, 5) is 14.3. The van der Waals surface area contributed by atoms with Crippen molar-refractivity contribution < 1.29 is 9.53 Å². The molecule has 2 aromatic carbocycles. The average Bonchev–Trinajstić information content (AvgIpc) is 2.57. The van der Waals surface area contributed by atoms with Gasteiger partial charge < -0.3 is 15.4 Å². The van der Waals surface area contributed by atoms with E-state index >= 15 is 0 Å². The Morgan fingerprint density at radius 1 is 1.14 bits per heavy atom. The van der Waals surface area contributed by atoms with Crippen LogP contribution in [0.25, 0.3) is 0 Å². The largest absolute Gasteiger partial charge is 0.497 e. The third-order valence-corrected chi connectivity index (χ3v) is 3.69. The second kappa shape index (κ2) is 7.61. The van der Waals surface area contributed by atoms with Crippen molar-refractivity contribution in [3.63, 3.8) is 0 Å². The molecule has 0 aromatic heterocycles. The third kappa shape index (κ3) is 3.86. The summed E-state index contributed by atoms with van der Waals surface area (Å²) in [5.41, 5.74) is 7.82. The minimum atomic E-state index is -0.301. The molecule has 116 valence electrons. The van der Waals surface area contributed by atoms with Gasteiger partial charge in [0.2, 0.25) is 5.91 Å². The maximum absolute atomic E-state index is 12.6. The number of carbonyl (C=O) groups excluding carboxylic acids is 1. The van der Waals surface area contributed by atoms with Crippen LogP contribution in [0.4, 0.5) is 0 Å². The average molecular weight is 298 g/mol. The number of benzene rings is 2. The van der Waals surface area contributed by atoms with Gasteiger partial charge in [0.1, 0.15) is 5.75 Å². The van der Waals surface area contributed by atoms with Gasteiger partial charge in [0.05, 0.1) is 13.0 Å². The Balaban J connectivity index is 2.06. The highest BCUT2D eigenvalue weighted by molar-refractivity contribution is 5.83. The van der Waals surface area contributed by atoms with Crippen molar-refractivity contribution in [2.24, 2.45) is 5.73 Å². The summed E-state index contributed by atoms with van der Waals surface area (Å²) in [5.74, 6) is 0.538. The lowest BCUT2D eigenvalue weighted by molar-refractivity contribution is -0.131. The highest BCUT2D eigenvalue weighted by Gasteiger charge is 2.22. The van der Waals surface area contributed by atoms with Crippen LogP contribution >= 0.6 is 0 Å². The first-order chi connectivity index (χ1) is 10.7. The number of hydrogen-bond donors (Lipinski definition) is 1. The highest BCUT2D eigenvalue weighted by Crippen LogP contribution is 2.19. The molecular formula is C18H22N2O2. The quantitative estimate of drug-likeness (QED) is 0.891. The molecule has 0 bridgehead atoms. The van der Waals surface area contributed by atoms with E-state index in [1.807, 2.05) is 54.6 Å². The topological polar surface area (TPSA) is 55.6 Å². The van der Waals surface area contributed by atoms with Crippen LogP contribution in [0, 0.1) is 0 Å². The Morgan fingerprint density at radius 3 is 2.32 bits per heavy atom. The number of nitrogens with two attached hydrogens (primary N) is 1. The molecule has 0 spiro atoms. The van der Waals surface area contributed by atoms with Gasteiger partial charge in [-0.2, -0.15) is 0 Å². The Labute approximate surface area is 131 Å². The van der Waals surface area contributed by atoms with Crippen molar-refractivity contribution in [2.45, 2.75) is 12.5 Å². The van der Waals surface area contributed by atoms with E-state index in [0.29, 0.717) is 13.1 Å². The Hall–Kier alpha value is -2.33. The number of likely N-dealkylation sites (N-methyl/N-ethyl adjacent to an activating group) is 1. The first-order valence-electron chi connectivity index (χ1n) is 7.28. The molecule has 2 rings (SSSR count). The minimum Gasteiger partial charge on any atom is -0.497 e. The van der Waals surface area contributed by atoms with E-state index in [-0.39, 0.29) is 11.8 Å². The van der Waals surface area contributed by atoms with Crippen LogP contribution in [-0.2, 0) is 11.3 Å². The van der Waals surface area contributed by atoms with Crippen molar-refractivity contribution in [2.75, 3.05) is 20.7 Å². The highest BCUT2D eigenvalue weighted by atomic mass is 16.5. The van der Waals surface area contributed by atoms with Gasteiger partial charge in [0, 0.05) is 20.1 Å². The second-order valence-corrected chi connectivity index (χ2v) is 5.24. The van der Waals surface area contributed by atoms with Gasteiger partial charge in [-0.1, -0.05) is 42.5 Å². The summed E-state index contributed by atoms with van der Waals surface area (Å²) in [7, 11) is 3.44. The molecule has 2 aromatic rings. The molecule has 0 aliphatic carbocycles. The lowest BCUT2D eigenvalue weighted by atomic mass is 9.97. The van der Waals surface area contributed by atoms with Crippen LogP contribution in [0.2, 0.25) is 0 Å². The number of amides is 1. The van der Waals surface area contributed by atoms with Gasteiger partial charge in [-0.05, 0) is 23.3 Å². The molecule has 0 fully saturated rings. The van der Waals surface area contributed by atoms with E-state index in [1.165, 1.54) is 0 Å². The maximum Gasteiger partial charge on any atom is 0.231 e. The van der Waals surface area contributed by atoms with Crippen LogP contribution < -0.4 is 10.5 Å². The van der Waals surface area contributed by atoms with Gasteiger partial charge in [-0.15, -0.1) is 0 Å². The van der Waals surface area contributed by atoms with E-state index in [1.54, 1.807) is 19.1 Å². The van der Waals surface area contributed by atoms with Crippen LogP contribution in [0.15, 0.2) is 54.6 Å². The van der Waals surface area contributed by atoms with Crippen molar-refractivity contribution >= 4 is 5.91 Å². The number of methoxy groups -OCH3 is 1. The Kier molecular flexibility index (Phi) is 5.55. The van der Waals surface area contributed by atoms with Crippen LogP contribution in [-0.4, -0.2) is 31.5 Å². The fourth-order valence-electron chi connectivity index (χ4n) is 2.41. The second-order valence-electron chi connectivity index (χ2n) is 5.24. The van der Waals surface area contributed by atoms with Crippen molar-refractivity contribution in [3.8, 4) is 5.75 Å². The molecule has 0 aliphatic rings. The third-order valence-electron chi connectivity index (χ3n) is 3.69. The van der Waals surface area contributed by atoms with Gasteiger partial charge >= 0.3 is 0 Å². The SMILES string of the molecule is COc1ccc(CN(C)C(=O)C(CN)c2ccccc2)cc1. The zero-order valence-corrected chi connectivity index (χ0v) is 13.0. The van der Waals surface area contributed by atoms with Crippen LogP contribution in [0.3, 0.4) is 0 Å². The molecule has 4 heteroatoms. The summed E-state index contributed by atoms with van der Waals surface area (Å²) in [5, 5.41) is 0. The molecule has 1 unspecified atom stereocenters. The van der Waals surface area contributed by atoms with Gasteiger partial charge in [0.25, 0.3) is 0 Å². The summed E-state index contributed by atoms with van der Waals surface area (Å²) >= 11 is 0. The Morgan fingerprint density at radius 2 is 1.77 bits per heavy atom. The predicted molar refractivity (Wildman–Crippen MR) is 87.7 cm³/mol. The minimum absolute atomic E-state index is 0.0320. The molecule has 1 atom stereocenters. The lowest BCUT2D eigenvalue weighted by Crippen LogP contribution is -2.34. The van der Waals surface area contributed by atoms with E-state index in [9.17, 15) is 4.79 Å². The van der Waals surface area contributed by atoms with Gasteiger partial charge in [-0.25, -0.2) is 0 Å². The van der Waals surface area contributed by atoms with E-state index < -0.39 is 0 Å². The van der Waals surface area contributed by atoms with Crippen LogP contribution in [0.5, 0.6) is 5.75 Å². The first kappa shape index (κ1) is 16.0. The molecule has 0 saturated heterocycles. The van der Waals surface area contributed by atoms with Gasteiger partial charge in [-0.3, -0.25) is 4.79 Å². The summed E-state index contributed by atoms with van der Waals surface area (Å²) < 4.78 is 5.14. The Bertz CT molecular complexity index is 596. The van der Waals surface area contributed by atoms with Crippen molar-refractivity contribution in [1.82, 2.24) is 4.90 Å². The van der Waals surface area contributed by atoms with Gasteiger partial charge in [0.15, 0.2) is 0 Å². The number of nitrogens with zero attached hydrogens (tertiary/aromatic N) is 1. The summed E-state index contributed by atoms with van der Waals surface area (Å²) in [6, 6.07) is 17.4. The van der Waals surface area contributed by atoms with E-state index in [2.05, 4.69) is 0 Å². The first-order valence-corrected chi connectivity index (χ1v) is 7.28. The normalized spacial score (nSPS) is 11.8. The number of carbonyl (C=O) groups is 1. The zero-order valence-electron chi connectivity index (χ0n) is 13.0. The molecule has 0 saturated carbocycles. The summed E-state index contributed by atoms with van der Waals surface area (Å²) in [6.07, 6.45) is 0. The molecular weight excluding hydrogens is 276 g/mol. The fourth-order valence-corrected chi connectivity index (χ4v) is 2.41. The zero-order chi connectivity index (χ0) is 15.9. The molecule has 1 amide bonds. The number of hydrogen-bond acceptors (Lipinski definition) is 3. The predicted octanol–water partition coefficient (Wildman–Crippen LogP) is 2.40. The molecule has 0 radical (unpaired) electrons. The summed E-state index contributed by atoms with van der Waals surface area (Å²) in [6.45, 7) is 0.849. The molecule has 22 heavy (non-hydrogen) atoms. The van der Waals surface area contributed by atoms with Crippen molar-refractivity contribution in [1.29, 1.82) is 0 Å². The monoisotopic (exact) mass is 298 g/mol.